The molecule has 3 rings (SSSR count). The Morgan fingerprint density at radius 1 is 1.29 bits per heavy atom. The molecule has 1 aliphatic rings. The molecule has 1 heterocycles. The van der Waals surface area contributed by atoms with Crippen molar-refractivity contribution in [1.82, 2.24) is 0 Å². The topological polar surface area (TPSA) is 50.4 Å². The minimum absolute atomic E-state index is 0.148. The largest absolute Gasteiger partial charge is 0.493 e. The molecule has 0 fully saturated rings. The molecule has 0 bridgehead atoms. The first kappa shape index (κ1) is 13.5. The van der Waals surface area contributed by atoms with Crippen LogP contribution in [0.15, 0.2) is 42.5 Å². The van der Waals surface area contributed by atoms with E-state index < -0.39 is 0 Å². The molecule has 108 valence electrons. The molecule has 4 nitrogen and oxygen atoms in total. The molecule has 0 atom stereocenters. The molecule has 2 N–H and O–H groups in total. The van der Waals surface area contributed by atoms with E-state index in [9.17, 15) is 4.79 Å². The fourth-order valence-corrected chi connectivity index (χ4v) is 2.52. The van der Waals surface area contributed by atoms with Gasteiger partial charge in [-0.25, -0.2) is 0 Å². The number of amides is 1. The SMILES string of the molecule is CCOc1ccccc1C(=O)Nc1ccc2c(c1)CCN2. The number of rotatable bonds is 4. The third-order valence-corrected chi connectivity index (χ3v) is 3.50. The minimum atomic E-state index is -0.148. The highest BCUT2D eigenvalue weighted by Crippen LogP contribution is 2.26. The van der Waals surface area contributed by atoms with Gasteiger partial charge in [-0.2, -0.15) is 0 Å². The summed E-state index contributed by atoms with van der Waals surface area (Å²) in [6, 6.07) is 13.2. The molecule has 0 unspecified atom stereocenters. The third kappa shape index (κ3) is 2.84. The summed E-state index contributed by atoms with van der Waals surface area (Å²) in [7, 11) is 0. The van der Waals surface area contributed by atoms with Crippen LogP contribution in [0.3, 0.4) is 0 Å². The Hall–Kier alpha value is -2.49. The summed E-state index contributed by atoms with van der Waals surface area (Å²) in [5.41, 5.74) is 3.76. The van der Waals surface area contributed by atoms with Crippen molar-refractivity contribution in [3.8, 4) is 5.75 Å². The van der Waals surface area contributed by atoms with E-state index in [0.29, 0.717) is 17.9 Å². The van der Waals surface area contributed by atoms with Gasteiger partial charge in [0.1, 0.15) is 5.75 Å². The van der Waals surface area contributed by atoms with Gasteiger partial charge in [0, 0.05) is 17.9 Å². The highest BCUT2D eigenvalue weighted by atomic mass is 16.5. The van der Waals surface area contributed by atoms with E-state index in [0.717, 1.165) is 24.3 Å². The normalized spacial score (nSPS) is 12.4. The van der Waals surface area contributed by atoms with E-state index in [2.05, 4.69) is 10.6 Å². The Labute approximate surface area is 124 Å². The van der Waals surface area contributed by atoms with Crippen LogP contribution in [0.5, 0.6) is 5.75 Å². The van der Waals surface area contributed by atoms with Crippen molar-refractivity contribution in [2.45, 2.75) is 13.3 Å². The lowest BCUT2D eigenvalue weighted by Gasteiger charge is -2.11. The maximum absolute atomic E-state index is 12.4. The molecule has 0 saturated carbocycles. The quantitative estimate of drug-likeness (QED) is 0.904. The number of para-hydroxylation sites is 1. The average molecular weight is 282 g/mol. The van der Waals surface area contributed by atoms with E-state index in [4.69, 9.17) is 4.74 Å². The van der Waals surface area contributed by atoms with Crippen LogP contribution < -0.4 is 15.4 Å². The van der Waals surface area contributed by atoms with E-state index in [1.807, 2.05) is 43.3 Å². The molecule has 0 saturated heterocycles. The summed E-state index contributed by atoms with van der Waals surface area (Å²) in [6.45, 7) is 3.40. The highest BCUT2D eigenvalue weighted by molar-refractivity contribution is 6.06. The van der Waals surface area contributed by atoms with Crippen molar-refractivity contribution in [1.29, 1.82) is 0 Å². The smallest absolute Gasteiger partial charge is 0.259 e. The zero-order chi connectivity index (χ0) is 14.7. The standard InChI is InChI=1S/C17H18N2O2/c1-2-21-16-6-4-3-5-14(16)17(20)19-13-7-8-15-12(11-13)9-10-18-15/h3-8,11,18H,2,9-10H2,1H3,(H,19,20). The fourth-order valence-electron chi connectivity index (χ4n) is 2.52. The molecular weight excluding hydrogens is 264 g/mol. The van der Waals surface area contributed by atoms with Crippen LogP contribution in [0.2, 0.25) is 0 Å². The lowest BCUT2D eigenvalue weighted by molar-refractivity contribution is 0.102. The number of carbonyl (C=O) groups is 1. The van der Waals surface area contributed by atoms with E-state index in [1.54, 1.807) is 6.07 Å². The van der Waals surface area contributed by atoms with Gasteiger partial charge in [-0.3, -0.25) is 4.79 Å². The van der Waals surface area contributed by atoms with Crippen LogP contribution in [0.1, 0.15) is 22.8 Å². The molecule has 0 aliphatic carbocycles. The molecular formula is C17H18N2O2. The van der Waals surface area contributed by atoms with Gasteiger partial charge in [-0.05, 0) is 49.2 Å². The second-order valence-electron chi connectivity index (χ2n) is 4.93. The van der Waals surface area contributed by atoms with Crippen LogP contribution in [0, 0.1) is 0 Å². The summed E-state index contributed by atoms with van der Waals surface area (Å²) in [5, 5.41) is 6.25. The van der Waals surface area contributed by atoms with Crippen molar-refractivity contribution in [3.63, 3.8) is 0 Å². The Morgan fingerprint density at radius 3 is 3.00 bits per heavy atom. The van der Waals surface area contributed by atoms with Crippen molar-refractivity contribution in [2.75, 3.05) is 23.8 Å². The zero-order valence-corrected chi connectivity index (χ0v) is 12.0. The van der Waals surface area contributed by atoms with Crippen molar-refractivity contribution >= 4 is 17.3 Å². The van der Waals surface area contributed by atoms with Gasteiger partial charge >= 0.3 is 0 Å². The molecule has 4 heteroatoms. The van der Waals surface area contributed by atoms with Crippen molar-refractivity contribution in [2.24, 2.45) is 0 Å². The third-order valence-electron chi connectivity index (χ3n) is 3.50. The Balaban J connectivity index is 1.80. The second kappa shape index (κ2) is 5.87. The lowest BCUT2D eigenvalue weighted by atomic mass is 10.1. The van der Waals surface area contributed by atoms with E-state index in [-0.39, 0.29) is 5.91 Å². The second-order valence-corrected chi connectivity index (χ2v) is 4.93. The van der Waals surface area contributed by atoms with Crippen molar-refractivity contribution < 1.29 is 9.53 Å². The van der Waals surface area contributed by atoms with Gasteiger partial charge in [0.25, 0.3) is 5.91 Å². The summed E-state index contributed by atoms with van der Waals surface area (Å²) >= 11 is 0. The summed E-state index contributed by atoms with van der Waals surface area (Å²) in [6.07, 6.45) is 0.995. The molecule has 21 heavy (non-hydrogen) atoms. The monoisotopic (exact) mass is 282 g/mol. The maximum atomic E-state index is 12.4. The van der Waals surface area contributed by atoms with Gasteiger partial charge in [-0.1, -0.05) is 12.1 Å². The van der Waals surface area contributed by atoms with Gasteiger partial charge in [0.2, 0.25) is 0 Å². The van der Waals surface area contributed by atoms with Crippen LogP contribution in [-0.4, -0.2) is 19.1 Å². The molecule has 0 radical (unpaired) electrons. The maximum Gasteiger partial charge on any atom is 0.259 e. The summed E-state index contributed by atoms with van der Waals surface area (Å²) < 4.78 is 5.50. The van der Waals surface area contributed by atoms with Crippen LogP contribution >= 0.6 is 0 Å². The number of hydrogen-bond acceptors (Lipinski definition) is 3. The number of benzene rings is 2. The first-order valence-corrected chi connectivity index (χ1v) is 7.18. The van der Waals surface area contributed by atoms with Gasteiger partial charge in [-0.15, -0.1) is 0 Å². The van der Waals surface area contributed by atoms with Crippen LogP contribution in [-0.2, 0) is 6.42 Å². The van der Waals surface area contributed by atoms with Crippen molar-refractivity contribution in [3.05, 3.63) is 53.6 Å². The average Bonchev–Trinajstić information content (AvgIpc) is 2.95. The molecule has 1 amide bonds. The lowest BCUT2D eigenvalue weighted by Crippen LogP contribution is -2.13. The Morgan fingerprint density at radius 2 is 2.14 bits per heavy atom. The first-order valence-electron chi connectivity index (χ1n) is 7.18. The number of ether oxygens (including phenoxy) is 1. The molecule has 0 spiro atoms. The van der Waals surface area contributed by atoms with Gasteiger partial charge < -0.3 is 15.4 Å². The Kier molecular flexibility index (Phi) is 3.77. The van der Waals surface area contributed by atoms with E-state index in [1.165, 1.54) is 5.56 Å². The van der Waals surface area contributed by atoms with Crippen LogP contribution in [0.25, 0.3) is 0 Å². The highest BCUT2D eigenvalue weighted by Gasteiger charge is 2.14. The summed E-state index contributed by atoms with van der Waals surface area (Å²) in [4.78, 5) is 12.4. The predicted octanol–water partition coefficient (Wildman–Crippen LogP) is 3.31. The minimum Gasteiger partial charge on any atom is -0.493 e. The molecule has 2 aromatic carbocycles. The van der Waals surface area contributed by atoms with E-state index >= 15 is 0 Å². The Bertz CT molecular complexity index is 668. The molecule has 2 aromatic rings. The fraction of sp³-hybridized carbons (Fsp3) is 0.235. The first-order chi connectivity index (χ1) is 10.3. The number of anilines is 2. The number of hydrogen-bond donors (Lipinski definition) is 2. The number of carbonyl (C=O) groups excluding carboxylic acids is 1. The predicted molar refractivity (Wildman–Crippen MR) is 84.2 cm³/mol. The van der Waals surface area contributed by atoms with Gasteiger partial charge in [0.15, 0.2) is 0 Å². The number of nitrogens with one attached hydrogen (secondary N) is 2. The number of fused-ring (bicyclic) bond motifs is 1. The molecule has 0 aromatic heterocycles. The van der Waals surface area contributed by atoms with Crippen LogP contribution in [0.4, 0.5) is 11.4 Å². The van der Waals surface area contributed by atoms with Gasteiger partial charge in [0.05, 0.1) is 12.2 Å². The summed E-state index contributed by atoms with van der Waals surface area (Å²) in [5.74, 6) is 0.463. The molecule has 1 aliphatic heterocycles. The zero-order valence-electron chi connectivity index (χ0n) is 12.0.